The van der Waals surface area contributed by atoms with E-state index in [1.807, 2.05) is 0 Å². The molecule has 4 aromatic rings. The summed E-state index contributed by atoms with van der Waals surface area (Å²) in [4.78, 5) is 0. The van der Waals surface area contributed by atoms with E-state index >= 15 is 0 Å². The van der Waals surface area contributed by atoms with Gasteiger partial charge in [-0.1, -0.05) is 156 Å². The molecule has 1 heteroatoms. The van der Waals surface area contributed by atoms with Crippen LogP contribution in [0.1, 0.15) is 51.2 Å². The molecular weight excluding hydrogens is 472 g/mol. The number of hydrogen-bond donors (Lipinski definition) is 0. The molecule has 2 aliphatic rings. The highest BCUT2D eigenvalue weighted by atomic mass is 28.3. The highest BCUT2D eigenvalue weighted by molar-refractivity contribution is 6.91. The van der Waals surface area contributed by atoms with Gasteiger partial charge < -0.3 is 0 Å². The average Bonchev–Trinajstić information content (AvgIpc) is 3.44. The summed E-state index contributed by atoms with van der Waals surface area (Å²) in [7, 11) is -1.59. The minimum absolute atomic E-state index is 0.363. The summed E-state index contributed by atoms with van der Waals surface area (Å²) in [5.41, 5.74) is 11.8. The fourth-order valence-electron chi connectivity index (χ4n) is 7.03. The third-order valence-corrected chi connectivity index (χ3v) is 12.6. The lowest BCUT2D eigenvalue weighted by Crippen LogP contribution is -2.45. The Labute approximate surface area is 229 Å². The van der Waals surface area contributed by atoms with Gasteiger partial charge >= 0.3 is 0 Å². The van der Waals surface area contributed by atoms with Crippen LogP contribution in [0.15, 0.2) is 137 Å². The molecule has 0 fully saturated rings. The fraction of sp³-hybridized carbons (Fsp3) is 0.189. The molecule has 2 unspecified atom stereocenters. The number of benzene rings is 4. The molecule has 2 aliphatic carbocycles. The van der Waals surface area contributed by atoms with Crippen LogP contribution < -0.4 is 10.4 Å². The molecule has 0 bridgehead atoms. The Morgan fingerprint density at radius 1 is 0.658 bits per heavy atom. The first-order valence-corrected chi connectivity index (χ1v) is 15.7. The predicted molar refractivity (Wildman–Crippen MR) is 167 cm³/mol. The Morgan fingerprint density at radius 2 is 1.24 bits per heavy atom. The predicted octanol–water partition coefficient (Wildman–Crippen LogP) is 8.11. The normalized spacial score (nSPS) is 18.8. The quantitative estimate of drug-likeness (QED) is 0.231. The molecule has 0 saturated carbocycles. The van der Waals surface area contributed by atoms with Crippen molar-refractivity contribution in [1.29, 1.82) is 0 Å². The fourth-order valence-corrected chi connectivity index (χ4v) is 10.7. The van der Waals surface area contributed by atoms with Gasteiger partial charge in [-0.3, -0.25) is 0 Å². The first-order valence-electron chi connectivity index (χ1n) is 14.0. The first kappa shape index (κ1) is 24.6. The Morgan fingerprint density at radius 3 is 1.82 bits per heavy atom. The van der Waals surface area contributed by atoms with E-state index in [9.17, 15) is 0 Å². The second-order valence-electron chi connectivity index (χ2n) is 10.8. The number of fused-ring (bicyclic) bond motifs is 1. The van der Waals surface area contributed by atoms with Crippen LogP contribution in [0.5, 0.6) is 0 Å². The van der Waals surface area contributed by atoms with Crippen LogP contribution in [0.3, 0.4) is 0 Å². The largest absolute Gasteiger partial charge is 0.129 e. The smallest absolute Gasteiger partial charge is 0.0643 e. The third kappa shape index (κ3) is 4.06. The van der Waals surface area contributed by atoms with Crippen molar-refractivity contribution in [2.75, 3.05) is 0 Å². The van der Waals surface area contributed by atoms with Gasteiger partial charge in [0.15, 0.2) is 0 Å². The van der Waals surface area contributed by atoms with E-state index in [1.54, 1.807) is 16.3 Å². The van der Waals surface area contributed by atoms with Gasteiger partial charge in [0.2, 0.25) is 0 Å². The lowest BCUT2D eigenvalue weighted by Gasteiger charge is -2.28. The minimum atomic E-state index is -1.59. The lowest BCUT2D eigenvalue weighted by atomic mass is 9.80. The maximum atomic E-state index is 2.51. The lowest BCUT2D eigenvalue weighted by molar-refractivity contribution is 0.743. The monoisotopic (exact) mass is 508 g/mol. The maximum absolute atomic E-state index is 2.51. The summed E-state index contributed by atoms with van der Waals surface area (Å²) in [6, 6.07) is 40.4. The summed E-state index contributed by atoms with van der Waals surface area (Å²) in [6.07, 6.45) is 3.58. The molecule has 0 N–H and O–H groups in total. The molecule has 0 nitrogen and oxygen atoms in total. The van der Waals surface area contributed by atoms with E-state index in [1.165, 1.54) is 43.8 Å². The molecule has 4 aromatic carbocycles. The van der Waals surface area contributed by atoms with E-state index in [2.05, 4.69) is 143 Å². The highest BCUT2D eigenvalue weighted by Gasteiger charge is 2.40. The molecule has 0 amide bonds. The molecule has 188 valence electrons. The zero-order valence-corrected chi connectivity index (χ0v) is 24.1. The summed E-state index contributed by atoms with van der Waals surface area (Å²) in [5, 5.41) is 4.72. The van der Waals surface area contributed by atoms with Crippen molar-refractivity contribution in [2.45, 2.75) is 40.0 Å². The van der Waals surface area contributed by atoms with Crippen molar-refractivity contribution in [3.8, 4) is 11.1 Å². The summed E-state index contributed by atoms with van der Waals surface area (Å²) >= 11 is 0. The van der Waals surface area contributed by atoms with Gasteiger partial charge in [-0.2, -0.15) is 0 Å². The molecule has 0 radical (unpaired) electrons. The third-order valence-electron chi connectivity index (χ3n) is 8.89. The van der Waals surface area contributed by atoms with Gasteiger partial charge in [0.25, 0.3) is 0 Å². The molecule has 0 spiro atoms. The molecule has 0 aromatic heterocycles. The van der Waals surface area contributed by atoms with Crippen molar-refractivity contribution in [1.82, 2.24) is 0 Å². The van der Waals surface area contributed by atoms with Crippen LogP contribution in [0, 0.1) is 5.92 Å². The molecule has 2 atom stereocenters. The van der Waals surface area contributed by atoms with E-state index < -0.39 is 8.80 Å². The molecule has 0 heterocycles. The van der Waals surface area contributed by atoms with Crippen LogP contribution in [-0.4, -0.2) is 8.80 Å². The molecule has 38 heavy (non-hydrogen) atoms. The van der Waals surface area contributed by atoms with Gasteiger partial charge in [-0.15, -0.1) is 0 Å². The van der Waals surface area contributed by atoms with E-state index in [0.717, 1.165) is 6.42 Å². The van der Waals surface area contributed by atoms with Crippen molar-refractivity contribution >= 4 is 25.2 Å². The Balaban J connectivity index is 1.47. The zero-order chi connectivity index (χ0) is 26.2. The van der Waals surface area contributed by atoms with E-state index in [-0.39, 0.29) is 0 Å². The van der Waals surface area contributed by atoms with Gasteiger partial charge in [0.1, 0.15) is 8.80 Å². The van der Waals surface area contributed by atoms with Crippen molar-refractivity contribution in [3.63, 3.8) is 0 Å². The molecule has 0 aliphatic heterocycles. The van der Waals surface area contributed by atoms with Crippen LogP contribution >= 0.6 is 0 Å². The second kappa shape index (κ2) is 10.2. The van der Waals surface area contributed by atoms with E-state index in [4.69, 9.17) is 0 Å². The highest BCUT2D eigenvalue weighted by Crippen LogP contribution is 2.53. The van der Waals surface area contributed by atoms with Crippen LogP contribution in [0.4, 0.5) is 0 Å². The maximum Gasteiger partial charge on any atom is 0.129 e. The van der Waals surface area contributed by atoms with Crippen LogP contribution in [0.25, 0.3) is 17.2 Å². The Hall–Kier alpha value is -3.68. The van der Waals surface area contributed by atoms with Crippen molar-refractivity contribution in [2.24, 2.45) is 5.92 Å². The number of allylic oxidation sites excluding steroid dienone is 5. The summed E-state index contributed by atoms with van der Waals surface area (Å²) < 4.78 is 0. The Kier molecular flexibility index (Phi) is 6.63. The minimum Gasteiger partial charge on any atom is -0.0643 e. The molecular formula is C37H36Si. The van der Waals surface area contributed by atoms with Gasteiger partial charge in [-0.25, -0.2) is 0 Å². The van der Waals surface area contributed by atoms with Crippen LogP contribution in [0.2, 0.25) is 0 Å². The van der Waals surface area contributed by atoms with Gasteiger partial charge in [0, 0.05) is 5.92 Å². The Bertz CT molecular complexity index is 1520. The molecule has 0 saturated heterocycles. The topological polar surface area (TPSA) is 0 Å². The molecule has 6 rings (SSSR count). The summed E-state index contributed by atoms with van der Waals surface area (Å²) in [5.74, 6) is 0.792. The SMILES string of the molecule is CCC1=Cc2c(-c3ccccc3)cccc2C1C1=C(C)C(C)=C([SiH](c2ccccc2)c2ccccc2)C1C. The van der Waals surface area contributed by atoms with Crippen molar-refractivity contribution in [3.05, 3.63) is 148 Å². The number of hydrogen-bond acceptors (Lipinski definition) is 0. The zero-order valence-electron chi connectivity index (χ0n) is 22.9. The first-order chi connectivity index (χ1) is 18.6. The van der Waals surface area contributed by atoms with Crippen LogP contribution in [-0.2, 0) is 0 Å². The average molecular weight is 509 g/mol. The standard InChI is InChI=1S/C37H36Si/c1-5-28-24-34-32(29-16-9-6-10-17-29)22-15-23-33(34)36(28)35-25(2)26(3)37(27(35)4)38(30-18-11-7-12-19-30)31-20-13-8-14-21-31/h6-24,27,36,38H,5H2,1-4H3. The second-order valence-corrected chi connectivity index (χ2v) is 13.6. The number of rotatable bonds is 6. The van der Waals surface area contributed by atoms with E-state index in [0.29, 0.717) is 11.8 Å². The van der Waals surface area contributed by atoms with Gasteiger partial charge in [-0.05, 0) is 59.6 Å². The van der Waals surface area contributed by atoms with Crippen molar-refractivity contribution < 1.29 is 0 Å². The summed E-state index contributed by atoms with van der Waals surface area (Å²) in [6.45, 7) is 9.60. The van der Waals surface area contributed by atoms with Gasteiger partial charge in [0.05, 0.1) is 0 Å².